The molecule has 4 amide bonds. The van der Waals surface area contributed by atoms with E-state index in [2.05, 4.69) is 10.6 Å². The summed E-state index contributed by atoms with van der Waals surface area (Å²) in [5.41, 5.74) is 0.348. The molecule has 33 heavy (non-hydrogen) atoms. The maximum Gasteiger partial charge on any atom is 0.305 e. The van der Waals surface area contributed by atoms with Crippen molar-refractivity contribution in [3.63, 3.8) is 0 Å². The van der Waals surface area contributed by atoms with Gasteiger partial charge in [-0.05, 0) is 30.9 Å². The van der Waals surface area contributed by atoms with Crippen LogP contribution >= 0.6 is 0 Å². The van der Waals surface area contributed by atoms with Crippen LogP contribution in [0.3, 0.4) is 0 Å². The first kappa shape index (κ1) is 23.9. The molecule has 11 heteroatoms. The molecule has 0 aliphatic carbocycles. The van der Waals surface area contributed by atoms with Gasteiger partial charge in [-0.3, -0.25) is 29.0 Å². The van der Waals surface area contributed by atoms with Gasteiger partial charge < -0.3 is 20.5 Å². The maximum atomic E-state index is 13.5. The Morgan fingerprint density at radius 2 is 1.91 bits per heavy atom. The van der Waals surface area contributed by atoms with Gasteiger partial charge in [-0.25, -0.2) is 5.01 Å². The molecular weight excluding hydrogens is 432 g/mol. The van der Waals surface area contributed by atoms with Crippen molar-refractivity contribution in [1.29, 1.82) is 0 Å². The number of hydrogen-bond donors (Lipinski definition) is 3. The number of aliphatic carboxylic acids is 1. The standard InChI is InChI=1S/C22H26N4O7/c1-13-10-17(28)25-9-5-8-16(21(32)23-15(12-27)11-18(29)30)26(25)22(33)19(13)24-20(31)14-6-3-2-4-7-14/h2-4,6-7,12-13,15-16,19H,5,8-11H2,1H3,(H,23,32)(H,24,31)(H,29,30)/t13-,15-,16-,19-/m0/s1. The number of carboxylic acids is 1. The number of nitrogens with one attached hydrogen (secondary N) is 2. The SMILES string of the molecule is C[C@H]1CC(=O)N2CCC[C@@H](C(=O)N[C@H](C=O)CC(=O)O)N2C(=O)[C@H]1NC(=O)c1ccccc1. The zero-order valence-electron chi connectivity index (χ0n) is 18.1. The molecule has 0 aromatic heterocycles. The Kier molecular flexibility index (Phi) is 7.41. The molecule has 3 N–H and O–H groups in total. The van der Waals surface area contributed by atoms with Gasteiger partial charge in [0.15, 0.2) is 0 Å². The van der Waals surface area contributed by atoms with Crippen LogP contribution in [0.1, 0.15) is 43.0 Å². The fourth-order valence-corrected chi connectivity index (χ4v) is 4.10. The van der Waals surface area contributed by atoms with Gasteiger partial charge in [-0.1, -0.05) is 25.1 Å². The normalized spacial score (nSPS) is 23.7. The number of benzene rings is 1. The topological polar surface area (TPSA) is 153 Å². The number of amides is 4. The number of hydrogen-bond acceptors (Lipinski definition) is 6. The Bertz CT molecular complexity index is 951. The molecule has 2 aliphatic heterocycles. The second kappa shape index (κ2) is 10.2. The summed E-state index contributed by atoms with van der Waals surface area (Å²) in [6.45, 7) is 1.91. The first-order chi connectivity index (χ1) is 15.7. The van der Waals surface area contributed by atoms with Crippen LogP contribution < -0.4 is 10.6 Å². The summed E-state index contributed by atoms with van der Waals surface area (Å²) < 4.78 is 0. The highest BCUT2D eigenvalue weighted by molar-refractivity contribution is 6.00. The van der Waals surface area contributed by atoms with E-state index in [0.29, 0.717) is 18.3 Å². The van der Waals surface area contributed by atoms with Crippen molar-refractivity contribution in [3.8, 4) is 0 Å². The van der Waals surface area contributed by atoms with Crippen LogP contribution in [-0.2, 0) is 24.0 Å². The molecule has 2 heterocycles. The third-order valence-corrected chi connectivity index (χ3v) is 5.76. The molecule has 0 spiro atoms. The molecule has 176 valence electrons. The van der Waals surface area contributed by atoms with E-state index in [0.717, 1.165) is 5.01 Å². The van der Waals surface area contributed by atoms with Gasteiger partial charge in [0.05, 0.1) is 12.5 Å². The zero-order valence-corrected chi connectivity index (χ0v) is 18.1. The molecule has 0 saturated carbocycles. The molecule has 0 bridgehead atoms. The quantitative estimate of drug-likeness (QED) is 0.475. The molecule has 2 saturated heterocycles. The Hall–Kier alpha value is -3.76. The van der Waals surface area contributed by atoms with Gasteiger partial charge in [0.2, 0.25) is 11.8 Å². The van der Waals surface area contributed by atoms with E-state index in [1.54, 1.807) is 37.3 Å². The average molecular weight is 458 g/mol. The molecule has 1 aromatic carbocycles. The second-order valence-corrected chi connectivity index (χ2v) is 8.21. The monoisotopic (exact) mass is 458 g/mol. The minimum atomic E-state index is -1.27. The van der Waals surface area contributed by atoms with E-state index < -0.39 is 54.2 Å². The second-order valence-electron chi connectivity index (χ2n) is 8.21. The van der Waals surface area contributed by atoms with Crippen molar-refractivity contribution in [2.45, 2.75) is 50.7 Å². The number of rotatable bonds is 7. The highest BCUT2D eigenvalue weighted by Crippen LogP contribution is 2.27. The van der Waals surface area contributed by atoms with Gasteiger partial charge in [0, 0.05) is 18.5 Å². The summed E-state index contributed by atoms with van der Waals surface area (Å²) in [6.07, 6.45) is 0.353. The summed E-state index contributed by atoms with van der Waals surface area (Å²) in [5, 5.41) is 16.2. The third kappa shape index (κ3) is 5.36. The Labute approximate surface area is 190 Å². The number of aldehydes is 1. The lowest BCUT2D eigenvalue weighted by Crippen LogP contribution is -2.64. The van der Waals surface area contributed by atoms with Crippen molar-refractivity contribution in [1.82, 2.24) is 20.7 Å². The summed E-state index contributed by atoms with van der Waals surface area (Å²) in [4.78, 5) is 74.1. The van der Waals surface area contributed by atoms with Crippen LogP contribution in [0.25, 0.3) is 0 Å². The fourth-order valence-electron chi connectivity index (χ4n) is 4.10. The number of carbonyl (C=O) groups is 6. The van der Waals surface area contributed by atoms with Crippen LogP contribution in [0.4, 0.5) is 0 Å². The van der Waals surface area contributed by atoms with Crippen LogP contribution in [0.5, 0.6) is 0 Å². The van der Waals surface area contributed by atoms with Gasteiger partial charge in [-0.2, -0.15) is 0 Å². The van der Waals surface area contributed by atoms with Crippen LogP contribution in [0.15, 0.2) is 30.3 Å². The van der Waals surface area contributed by atoms with Crippen LogP contribution in [0, 0.1) is 5.92 Å². The number of nitrogens with zero attached hydrogens (tertiary/aromatic N) is 2. The fraction of sp³-hybridized carbons (Fsp3) is 0.455. The minimum Gasteiger partial charge on any atom is -0.481 e. The average Bonchev–Trinajstić information content (AvgIpc) is 2.88. The molecule has 0 unspecified atom stereocenters. The van der Waals surface area contributed by atoms with E-state index in [4.69, 9.17) is 5.11 Å². The molecule has 0 radical (unpaired) electrons. The van der Waals surface area contributed by atoms with E-state index in [1.807, 2.05) is 0 Å². The Morgan fingerprint density at radius 1 is 1.21 bits per heavy atom. The van der Waals surface area contributed by atoms with Gasteiger partial charge in [0.25, 0.3) is 11.8 Å². The van der Waals surface area contributed by atoms with Crippen molar-refractivity contribution >= 4 is 35.9 Å². The van der Waals surface area contributed by atoms with Gasteiger partial charge >= 0.3 is 5.97 Å². The van der Waals surface area contributed by atoms with Crippen molar-refractivity contribution in [2.75, 3.05) is 6.54 Å². The molecule has 4 atom stereocenters. The minimum absolute atomic E-state index is 0.00765. The molecule has 1 aromatic rings. The lowest BCUT2D eigenvalue weighted by Gasteiger charge is -2.43. The number of hydrazine groups is 1. The summed E-state index contributed by atoms with van der Waals surface area (Å²) in [5.74, 6) is -3.98. The first-order valence-electron chi connectivity index (χ1n) is 10.7. The summed E-state index contributed by atoms with van der Waals surface area (Å²) >= 11 is 0. The van der Waals surface area contributed by atoms with Crippen LogP contribution in [0.2, 0.25) is 0 Å². The Balaban J connectivity index is 1.86. The predicted octanol–water partition coefficient (Wildman–Crippen LogP) is -0.282. The lowest BCUT2D eigenvalue weighted by molar-refractivity contribution is -0.176. The lowest BCUT2D eigenvalue weighted by atomic mass is 9.96. The highest BCUT2D eigenvalue weighted by Gasteiger charge is 2.47. The zero-order chi connectivity index (χ0) is 24.1. The predicted molar refractivity (Wildman–Crippen MR) is 113 cm³/mol. The highest BCUT2D eigenvalue weighted by atomic mass is 16.4. The molecular formula is C22H26N4O7. The summed E-state index contributed by atoms with van der Waals surface area (Å²) in [7, 11) is 0. The van der Waals surface area contributed by atoms with Crippen molar-refractivity contribution in [3.05, 3.63) is 35.9 Å². The van der Waals surface area contributed by atoms with Gasteiger partial charge in [-0.15, -0.1) is 0 Å². The van der Waals surface area contributed by atoms with E-state index in [9.17, 15) is 28.8 Å². The molecule has 2 fully saturated rings. The number of carboxylic acid groups (broad SMARTS) is 1. The van der Waals surface area contributed by atoms with E-state index >= 15 is 0 Å². The first-order valence-corrected chi connectivity index (χ1v) is 10.7. The summed E-state index contributed by atoms with van der Waals surface area (Å²) in [6, 6.07) is 4.87. The molecule has 11 nitrogen and oxygen atoms in total. The smallest absolute Gasteiger partial charge is 0.305 e. The Morgan fingerprint density at radius 3 is 2.55 bits per heavy atom. The van der Waals surface area contributed by atoms with E-state index in [-0.39, 0.29) is 25.3 Å². The third-order valence-electron chi connectivity index (χ3n) is 5.76. The van der Waals surface area contributed by atoms with Crippen molar-refractivity contribution in [2.24, 2.45) is 5.92 Å². The van der Waals surface area contributed by atoms with Gasteiger partial charge in [0.1, 0.15) is 18.4 Å². The van der Waals surface area contributed by atoms with Crippen LogP contribution in [-0.4, -0.2) is 75.7 Å². The van der Waals surface area contributed by atoms with Crippen molar-refractivity contribution < 1.29 is 33.9 Å². The largest absolute Gasteiger partial charge is 0.481 e. The number of carbonyl (C=O) groups excluding carboxylic acids is 5. The molecule has 2 aliphatic rings. The van der Waals surface area contributed by atoms with E-state index in [1.165, 1.54) is 5.01 Å². The maximum absolute atomic E-state index is 13.5. The molecule has 3 rings (SSSR count). The number of fused-ring (bicyclic) bond motifs is 1.